The van der Waals surface area contributed by atoms with Gasteiger partial charge >= 0.3 is 5.97 Å². The highest BCUT2D eigenvalue weighted by Crippen LogP contribution is 2.07. The average molecular weight is 527 g/mol. The van der Waals surface area contributed by atoms with Crippen LogP contribution in [-0.2, 0) is 25.6 Å². The zero-order valence-electron chi connectivity index (χ0n) is 20.6. The summed E-state index contributed by atoms with van der Waals surface area (Å²) in [5, 5.41) is 26.2. The predicted molar refractivity (Wildman–Crippen MR) is 134 cm³/mol. The summed E-state index contributed by atoms with van der Waals surface area (Å²) in [5.74, 6) is -3.57. The topological polar surface area (TPSA) is 290 Å². The minimum Gasteiger partial charge on any atom is -0.480 e. The SMILES string of the molecule is NCCCCC(NC(=O)C(Cc1cnc[nH]1)NC(=O)C(N)CO)C(=O)NC(CCCN=C(N)N)C(=O)O. The van der Waals surface area contributed by atoms with Gasteiger partial charge in [-0.15, -0.1) is 0 Å². The molecule has 4 unspecified atom stereocenters. The molecule has 0 aliphatic heterocycles. The number of unbranched alkanes of at least 4 members (excludes halogenated alkanes) is 1. The van der Waals surface area contributed by atoms with Crippen molar-refractivity contribution in [2.24, 2.45) is 27.9 Å². The van der Waals surface area contributed by atoms with Gasteiger partial charge in [0.1, 0.15) is 24.2 Å². The second-order valence-corrected chi connectivity index (χ2v) is 8.33. The van der Waals surface area contributed by atoms with Crippen LogP contribution in [0.15, 0.2) is 17.5 Å². The number of nitrogens with two attached hydrogens (primary N) is 4. The maximum absolute atomic E-state index is 13.1. The van der Waals surface area contributed by atoms with Gasteiger partial charge in [0.15, 0.2) is 5.96 Å². The second kappa shape index (κ2) is 16.8. The molecule has 1 heterocycles. The molecule has 208 valence electrons. The predicted octanol–water partition coefficient (Wildman–Crippen LogP) is -4.01. The highest BCUT2D eigenvalue weighted by molar-refractivity contribution is 5.94. The Hall–Kier alpha value is -3.76. The third-order valence-corrected chi connectivity index (χ3v) is 5.29. The fourth-order valence-corrected chi connectivity index (χ4v) is 3.25. The fourth-order valence-electron chi connectivity index (χ4n) is 3.25. The van der Waals surface area contributed by atoms with Crippen molar-refractivity contribution in [2.45, 2.75) is 62.7 Å². The Kier molecular flexibility index (Phi) is 14.2. The summed E-state index contributed by atoms with van der Waals surface area (Å²) in [6.07, 6.45) is 4.43. The summed E-state index contributed by atoms with van der Waals surface area (Å²) in [5.41, 5.74) is 22.1. The first-order chi connectivity index (χ1) is 17.6. The number of rotatable bonds is 18. The van der Waals surface area contributed by atoms with Crippen LogP contribution in [0.4, 0.5) is 0 Å². The number of aromatic amines is 1. The van der Waals surface area contributed by atoms with E-state index in [2.05, 4.69) is 30.9 Å². The number of carboxylic acid groups (broad SMARTS) is 1. The van der Waals surface area contributed by atoms with E-state index in [9.17, 15) is 24.3 Å². The fraction of sp³-hybridized carbons (Fsp3) is 0.619. The standard InChI is InChI=1S/C21H38N10O6/c22-6-2-1-4-14(18(34)30-15(20(36)37)5-3-7-27-21(24)25)29-19(35)16(8-12-9-26-11-28-12)31-17(33)13(23)10-32/h9,11,13-16,32H,1-8,10,22-23H2,(H,26,28)(H,29,35)(H,30,34)(H,31,33)(H,36,37)(H4,24,25,27). The highest BCUT2D eigenvalue weighted by atomic mass is 16.4. The summed E-state index contributed by atoms with van der Waals surface area (Å²) < 4.78 is 0. The van der Waals surface area contributed by atoms with E-state index in [1.165, 1.54) is 12.5 Å². The Labute approximate surface area is 214 Å². The van der Waals surface area contributed by atoms with Gasteiger partial charge in [0, 0.05) is 24.9 Å². The van der Waals surface area contributed by atoms with Gasteiger partial charge in [-0.3, -0.25) is 19.4 Å². The van der Waals surface area contributed by atoms with Crippen molar-refractivity contribution in [1.82, 2.24) is 25.9 Å². The van der Waals surface area contributed by atoms with E-state index in [4.69, 9.17) is 28.0 Å². The van der Waals surface area contributed by atoms with Gasteiger partial charge in [0.05, 0.1) is 12.9 Å². The zero-order chi connectivity index (χ0) is 27.8. The number of carbonyl (C=O) groups is 4. The number of nitrogens with one attached hydrogen (secondary N) is 4. The van der Waals surface area contributed by atoms with Crippen molar-refractivity contribution in [2.75, 3.05) is 19.7 Å². The Bertz CT molecular complexity index is 890. The van der Waals surface area contributed by atoms with E-state index in [0.717, 1.165) is 0 Å². The van der Waals surface area contributed by atoms with Crippen LogP contribution in [0.1, 0.15) is 37.8 Å². The van der Waals surface area contributed by atoms with Gasteiger partial charge < -0.3 is 54.1 Å². The van der Waals surface area contributed by atoms with Crippen LogP contribution in [0.3, 0.4) is 0 Å². The molecule has 1 rings (SSSR count). The van der Waals surface area contributed by atoms with Gasteiger partial charge in [-0.1, -0.05) is 0 Å². The number of amides is 3. The molecule has 4 atom stereocenters. The number of hydrogen-bond donors (Lipinski definition) is 10. The lowest BCUT2D eigenvalue weighted by Gasteiger charge is -2.25. The largest absolute Gasteiger partial charge is 0.480 e. The van der Waals surface area contributed by atoms with Gasteiger partial charge in [-0.25, -0.2) is 9.78 Å². The van der Waals surface area contributed by atoms with E-state index >= 15 is 0 Å². The quantitative estimate of drug-likeness (QED) is 0.0499. The number of carboxylic acids is 1. The third-order valence-electron chi connectivity index (χ3n) is 5.29. The molecule has 1 aromatic heterocycles. The number of carbonyl (C=O) groups excluding carboxylic acids is 3. The molecule has 0 fully saturated rings. The number of imidazole rings is 1. The number of guanidine groups is 1. The Morgan fingerprint density at radius 1 is 0.973 bits per heavy atom. The number of H-pyrrole nitrogens is 1. The molecule has 16 heteroatoms. The summed E-state index contributed by atoms with van der Waals surface area (Å²) >= 11 is 0. The number of aliphatic imine (C=N–C) groups is 1. The molecule has 16 nitrogen and oxygen atoms in total. The summed E-state index contributed by atoms with van der Waals surface area (Å²) in [6.45, 7) is -0.0832. The number of aliphatic hydroxyl groups excluding tert-OH is 1. The van der Waals surface area contributed by atoms with Crippen LogP contribution in [0.5, 0.6) is 0 Å². The second-order valence-electron chi connectivity index (χ2n) is 8.33. The molecular weight excluding hydrogens is 488 g/mol. The normalized spacial score (nSPS) is 14.0. The van der Waals surface area contributed by atoms with Crippen molar-refractivity contribution < 1.29 is 29.4 Å². The lowest BCUT2D eigenvalue weighted by molar-refractivity contribution is -0.142. The van der Waals surface area contributed by atoms with E-state index in [1.54, 1.807) is 0 Å². The van der Waals surface area contributed by atoms with Gasteiger partial charge in [0.25, 0.3) is 0 Å². The van der Waals surface area contributed by atoms with Crippen molar-refractivity contribution in [3.05, 3.63) is 18.2 Å². The number of aliphatic carboxylic acids is 1. The molecule has 0 spiro atoms. The molecule has 0 saturated heterocycles. The molecule has 14 N–H and O–H groups in total. The molecule has 0 radical (unpaired) electrons. The maximum Gasteiger partial charge on any atom is 0.326 e. The molecule has 0 aliphatic rings. The molecule has 1 aromatic rings. The monoisotopic (exact) mass is 526 g/mol. The van der Waals surface area contributed by atoms with Crippen LogP contribution in [0, 0.1) is 0 Å². The minimum absolute atomic E-state index is 0.00456. The Morgan fingerprint density at radius 2 is 1.59 bits per heavy atom. The Balaban J connectivity index is 2.98. The van der Waals surface area contributed by atoms with Crippen molar-refractivity contribution >= 4 is 29.7 Å². The first kappa shape index (κ1) is 31.3. The van der Waals surface area contributed by atoms with Crippen LogP contribution >= 0.6 is 0 Å². The molecule has 0 aromatic carbocycles. The van der Waals surface area contributed by atoms with E-state index < -0.39 is 54.5 Å². The molecule has 3 amide bonds. The van der Waals surface area contributed by atoms with Crippen LogP contribution in [0.25, 0.3) is 0 Å². The molecular formula is C21H38N10O6. The first-order valence-corrected chi connectivity index (χ1v) is 11.8. The highest BCUT2D eigenvalue weighted by Gasteiger charge is 2.30. The van der Waals surface area contributed by atoms with E-state index in [0.29, 0.717) is 31.5 Å². The zero-order valence-corrected chi connectivity index (χ0v) is 20.6. The van der Waals surface area contributed by atoms with Crippen molar-refractivity contribution in [3.8, 4) is 0 Å². The molecule has 0 aliphatic carbocycles. The van der Waals surface area contributed by atoms with Gasteiger partial charge in [0.2, 0.25) is 17.7 Å². The molecule has 0 bridgehead atoms. The van der Waals surface area contributed by atoms with Crippen molar-refractivity contribution in [1.29, 1.82) is 0 Å². The van der Waals surface area contributed by atoms with E-state index in [-0.39, 0.29) is 31.8 Å². The first-order valence-electron chi connectivity index (χ1n) is 11.8. The lowest BCUT2D eigenvalue weighted by atomic mass is 10.0. The van der Waals surface area contributed by atoms with Gasteiger partial charge in [-0.05, 0) is 38.6 Å². The molecule has 37 heavy (non-hydrogen) atoms. The van der Waals surface area contributed by atoms with E-state index in [1.807, 2.05) is 0 Å². The number of aromatic nitrogens is 2. The van der Waals surface area contributed by atoms with Gasteiger partial charge in [-0.2, -0.15) is 0 Å². The van der Waals surface area contributed by atoms with Crippen molar-refractivity contribution in [3.63, 3.8) is 0 Å². The molecule has 0 saturated carbocycles. The van der Waals surface area contributed by atoms with Crippen LogP contribution in [0.2, 0.25) is 0 Å². The number of aliphatic hydroxyl groups is 1. The van der Waals surface area contributed by atoms with Crippen LogP contribution < -0.4 is 38.9 Å². The Morgan fingerprint density at radius 3 is 2.16 bits per heavy atom. The summed E-state index contributed by atoms with van der Waals surface area (Å²) in [7, 11) is 0. The third kappa shape index (κ3) is 12.2. The summed E-state index contributed by atoms with van der Waals surface area (Å²) in [6, 6.07) is -4.76. The lowest BCUT2D eigenvalue weighted by Crippen LogP contribution is -2.58. The number of hydrogen-bond acceptors (Lipinski definition) is 9. The maximum atomic E-state index is 13.1. The van der Waals surface area contributed by atoms with Crippen LogP contribution in [-0.4, -0.2) is 93.7 Å². The summed E-state index contributed by atoms with van der Waals surface area (Å²) in [4.78, 5) is 60.5. The minimum atomic E-state index is -1.26. The average Bonchev–Trinajstić information content (AvgIpc) is 3.36. The smallest absolute Gasteiger partial charge is 0.326 e. The number of nitrogens with zero attached hydrogens (tertiary/aromatic N) is 2.